The first kappa shape index (κ1) is 36.2. The highest BCUT2D eigenvalue weighted by Crippen LogP contribution is 2.42. The highest BCUT2D eigenvalue weighted by molar-refractivity contribution is 7.14. The van der Waals surface area contributed by atoms with Crippen LogP contribution < -0.4 is 16.4 Å². The third-order valence-electron chi connectivity index (χ3n) is 10.4. The van der Waals surface area contributed by atoms with Crippen LogP contribution in [0.3, 0.4) is 0 Å². The number of nitrogen functional groups attached to an aromatic ring is 1. The summed E-state index contributed by atoms with van der Waals surface area (Å²) in [6, 6.07) is 3.09. The van der Waals surface area contributed by atoms with E-state index in [4.69, 9.17) is 5.73 Å². The first-order chi connectivity index (χ1) is 23.7. The summed E-state index contributed by atoms with van der Waals surface area (Å²) in [5, 5.41) is 8.93. The predicted molar refractivity (Wildman–Crippen MR) is 175 cm³/mol. The second-order valence-electron chi connectivity index (χ2n) is 13.5. The Hall–Kier alpha value is -3.57. The topological polar surface area (TPSA) is 114 Å². The highest BCUT2D eigenvalue weighted by Gasteiger charge is 2.42. The van der Waals surface area contributed by atoms with E-state index in [0.29, 0.717) is 63.7 Å². The normalized spacial score (nSPS) is 20.8. The molecule has 10 nitrogen and oxygen atoms in total. The molecule has 1 atom stereocenters. The number of fused-ring (bicyclic) bond motifs is 1. The van der Waals surface area contributed by atoms with Crippen molar-refractivity contribution in [3.63, 3.8) is 0 Å². The zero-order valence-electron chi connectivity index (χ0n) is 27.4. The van der Waals surface area contributed by atoms with Crippen molar-refractivity contribution >= 4 is 39.9 Å². The summed E-state index contributed by atoms with van der Waals surface area (Å²) in [4.78, 5) is 47.7. The maximum Gasteiger partial charge on any atom is 0.418 e. The van der Waals surface area contributed by atoms with Crippen molar-refractivity contribution in [2.75, 3.05) is 63.4 Å². The van der Waals surface area contributed by atoms with Crippen LogP contribution in [0.1, 0.15) is 54.4 Å². The number of anilines is 2. The van der Waals surface area contributed by atoms with Crippen molar-refractivity contribution in [3.8, 4) is 0 Å². The molecule has 0 bridgehead atoms. The number of amides is 4. The lowest BCUT2D eigenvalue weighted by Crippen LogP contribution is -2.55. The molecule has 0 spiro atoms. The van der Waals surface area contributed by atoms with Crippen molar-refractivity contribution in [2.24, 2.45) is 5.92 Å². The van der Waals surface area contributed by atoms with E-state index in [9.17, 15) is 40.7 Å². The van der Waals surface area contributed by atoms with Gasteiger partial charge in [0.05, 0.1) is 29.3 Å². The molecular weight excluding hydrogens is 688 g/mol. The minimum Gasteiger partial charge on any atom is -0.398 e. The van der Waals surface area contributed by atoms with Crippen molar-refractivity contribution < 1.29 is 40.7 Å². The molecule has 3 saturated heterocycles. The summed E-state index contributed by atoms with van der Waals surface area (Å²) in [7, 11) is 0. The smallest absolute Gasteiger partial charge is 0.398 e. The van der Waals surface area contributed by atoms with Crippen LogP contribution >= 0.6 is 11.3 Å². The monoisotopic (exact) mass is 729 g/mol. The Balaban J connectivity index is 1.18. The molecular formula is C33H41F6N7O3S. The first-order valence-electron chi connectivity index (χ1n) is 16.9. The molecule has 4 aliphatic rings. The number of likely N-dealkylation sites (tertiary alicyclic amines) is 1. The lowest BCUT2D eigenvalue weighted by atomic mass is 9.90. The number of thiophene rings is 1. The zero-order valence-corrected chi connectivity index (χ0v) is 28.2. The number of hydrogen-bond acceptors (Lipinski definition) is 7. The van der Waals surface area contributed by atoms with Gasteiger partial charge in [-0.05, 0) is 74.3 Å². The molecule has 0 saturated carbocycles. The van der Waals surface area contributed by atoms with Crippen molar-refractivity contribution in [1.82, 2.24) is 24.9 Å². The summed E-state index contributed by atoms with van der Waals surface area (Å²) in [6.45, 7) is 4.67. The van der Waals surface area contributed by atoms with Crippen molar-refractivity contribution in [1.29, 1.82) is 0 Å². The average molecular weight is 730 g/mol. The largest absolute Gasteiger partial charge is 0.418 e. The van der Waals surface area contributed by atoms with Crippen LogP contribution in [0.25, 0.3) is 0 Å². The molecule has 5 heterocycles. The molecule has 50 heavy (non-hydrogen) atoms. The Labute approximate surface area is 289 Å². The number of piperazine rings is 1. The van der Waals surface area contributed by atoms with Gasteiger partial charge in [0.25, 0.3) is 0 Å². The number of nitrogens with two attached hydrogens (primary N) is 1. The van der Waals surface area contributed by atoms with Gasteiger partial charge in [-0.1, -0.05) is 0 Å². The number of piperidine rings is 2. The summed E-state index contributed by atoms with van der Waals surface area (Å²) in [6.07, 6.45) is -8.30. The standard InChI is InChI=1S/C33H41F6N7O3S/c34-32(35,36)25-16-20(17-26(28(25)40)33(37,38)39)15-22(30(48)45-12-10-43(11-13-45)23-1-6-41-7-2-23)18-27(47)44-8-3-24(4-9-44)46-19-21-5-14-50-29(21)42-31(46)49/h5,14,16-17,22-24,41H,1-4,6-13,15,18-19,40H2,(H,42,49)/t22-/m0/s1. The van der Waals surface area contributed by atoms with Gasteiger partial charge in [-0.2, -0.15) is 26.3 Å². The Morgan fingerprint density at radius 3 is 2.10 bits per heavy atom. The molecule has 2 aromatic rings. The van der Waals surface area contributed by atoms with Gasteiger partial charge in [0.1, 0.15) is 5.00 Å². The maximum absolute atomic E-state index is 14.0. The number of nitrogens with one attached hydrogen (secondary N) is 2. The fraction of sp³-hybridized carbons (Fsp3) is 0.606. The van der Waals surface area contributed by atoms with E-state index in [0.717, 1.165) is 36.5 Å². The minimum atomic E-state index is -5.17. The first-order valence-corrected chi connectivity index (χ1v) is 17.8. The lowest BCUT2D eigenvalue weighted by Gasteiger charge is -2.42. The number of hydrogen-bond donors (Lipinski definition) is 3. The van der Waals surface area contributed by atoms with Crippen molar-refractivity contribution in [3.05, 3.63) is 45.8 Å². The molecule has 274 valence electrons. The minimum absolute atomic E-state index is 0.128. The Bertz CT molecular complexity index is 1530. The molecule has 4 amide bonds. The molecule has 4 aliphatic heterocycles. The second-order valence-corrected chi connectivity index (χ2v) is 14.4. The van der Waals surface area contributed by atoms with Gasteiger partial charge in [0.2, 0.25) is 11.8 Å². The lowest BCUT2D eigenvalue weighted by molar-refractivity contribution is -0.143. The van der Waals surface area contributed by atoms with Gasteiger partial charge in [0, 0.05) is 63.3 Å². The van der Waals surface area contributed by atoms with Crippen LogP contribution in [0, 0.1) is 5.92 Å². The molecule has 0 radical (unpaired) electrons. The number of benzene rings is 1. The van der Waals surface area contributed by atoms with Gasteiger partial charge in [-0.25, -0.2) is 4.79 Å². The Kier molecular flexibility index (Phi) is 10.6. The predicted octanol–water partition coefficient (Wildman–Crippen LogP) is 4.85. The van der Waals surface area contributed by atoms with Crippen LogP contribution in [0.4, 0.5) is 41.8 Å². The van der Waals surface area contributed by atoms with Crippen LogP contribution in [0.15, 0.2) is 23.6 Å². The third kappa shape index (κ3) is 7.99. The molecule has 0 unspecified atom stereocenters. The van der Waals surface area contributed by atoms with Crippen LogP contribution in [0.2, 0.25) is 0 Å². The fourth-order valence-electron chi connectivity index (χ4n) is 7.62. The average Bonchev–Trinajstić information content (AvgIpc) is 3.54. The number of carbonyl (C=O) groups excluding carboxylic acids is 3. The number of carbonyl (C=O) groups is 3. The summed E-state index contributed by atoms with van der Waals surface area (Å²) >= 11 is 1.45. The molecule has 6 rings (SSSR count). The number of nitrogens with zero attached hydrogens (tertiary/aromatic N) is 4. The summed E-state index contributed by atoms with van der Waals surface area (Å²) in [5.74, 6) is -2.09. The van der Waals surface area contributed by atoms with Gasteiger partial charge in [-0.15, -0.1) is 11.3 Å². The van der Waals surface area contributed by atoms with E-state index in [-0.39, 0.29) is 37.1 Å². The van der Waals surface area contributed by atoms with E-state index >= 15 is 0 Å². The second kappa shape index (κ2) is 14.6. The Morgan fingerprint density at radius 2 is 1.50 bits per heavy atom. The SMILES string of the molecule is Nc1c(C(F)(F)F)cc(C[C@@H](CC(=O)N2CCC(N3Cc4ccsc4NC3=O)CC2)C(=O)N2CCN(C3CCNCC3)CC2)cc1C(F)(F)F. The molecule has 1 aromatic heterocycles. The number of halogens is 6. The zero-order chi connectivity index (χ0) is 35.8. The van der Waals surface area contributed by atoms with Gasteiger partial charge in [-0.3, -0.25) is 19.8 Å². The van der Waals surface area contributed by atoms with Crippen LogP contribution in [0.5, 0.6) is 0 Å². The van der Waals surface area contributed by atoms with Gasteiger partial charge in [0.15, 0.2) is 0 Å². The summed E-state index contributed by atoms with van der Waals surface area (Å²) in [5.41, 5.74) is 1.31. The third-order valence-corrected chi connectivity index (χ3v) is 11.3. The molecule has 17 heteroatoms. The molecule has 1 aromatic carbocycles. The van der Waals surface area contributed by atoms with E-state index < -0.39 is 53.3 Å². The highest BCUT2D eigenvalue weighted by atomic mass is 32.1. The van der Waals surface area contributed by atoms with E-state index in [1.165, 1.54) is 11.3 Å². The molecule has 4 N–H and O–H groups in total. The molecule has 3 fully saturated rings. The number of rotatable bonds is 7. The van der Waals surface area contributed by atoms with E-state index in [1.54, 1.807) is 14.7 Å². The van der Waals surface area contributed by atoms with Gasteiger partial charge >= 0.3 is 18.4 Å². The Morgan fingerprint density at radius 1 is 0.880 bits per heavy atom. The van der Waals surface area contributed by atoms with E-state index in [1.807, 2.05) is 11.4 Å². The van der Waals surface area contributed by atoms with Gasteiger partial charge < -0.3 is 25.8 Å². The number of alkyl halides is 6. The molecule has 0 aliphatic carbocycles. The fourth-order valence-corrected chi connectivity index (χ4v) is 8.42. The van der Waals surface area contributed by atoms with Crippen LogP contribution in [-0.4, -0.2) is 102 Å². The number of urea groups is 1. The van der Waals surface area contributed by atoms with Crippen molar-refractivity contribution in [2.45, 2.75) is 69.5 Å². The maximum atomic E-state index is 14.0. The summed E-state index contributed by atoms with van der Waals surface area (Å²) < 4.78 is 83.1. The van der Waals surface area contributed by atoms with Crippen LogP contribution in [-0.2, 0) is 34.9 Å². The van der Waals surface area contributed by atoms with E-state index in [2.05, 4.69) is 15.5 Å². The quantitative estimate of drug-likeness (QED) is 0.278.